The summed E-state index contributed by atoms with van der Waals surface area (Å²) in [4.78, 5) is 14.4. The topological polar surface area (TPSA) is 20.3 Å². The third kappa shape index (κ3) is 7.52. The average molecular weight is 279 g/mol. The highest BCUT2D eigenvalue weighted by Gasteiger charge is 2.28. The molecule has 0 unspecified atom stereocenters. The number of amides is 1. The zero-order valence-corrected chi connectivity index (χ0v) is 14.7. The predicted molar refractivity (Wildman–Crippen MR) is 88.7 cm³/mol. The van der Waals surface area contributed by atoms with Crippen molar-refractivity contribution >= 4 is 5.91 Å². The van der Waals surface area contributed by atoms with Crippen LogP contribution in [-0.2, 0) is 4.79 Å². The zero-order chi connectivity index (χ0) is 15.9. The van der Waals surface area contributed by atoms with Crippen molar-refractivity contribution in [2.75, 3.05) is 6.54 Å². The van der Waals surface area contributed by atoms with E-state index in [1.807, 2.05) is 25.7 Å². The maximum absolute atomic E-state index is 12.4. The Labute approximate surface area is 125 Å². The van der Waals surface area contributed by atoms with Crippen molar-refractivity contribution in [3.63, 3.8) is 0 Å². The number of rotatable bonds is 6. The highest BCUT2D eigenvalue weighted by molar-refractivity contribution is 5.81. The third-order valence-electron chi connectivity index (χ3n) is 3.25. The van der Waals surface area contributed by atoms with E-state index < -0.39 is 0 Å². The lowest BCUT2D eigenvalue weighted by Gasteiger charge is -2.32. The van der Waals surface area contributed by atoms with Crippen molar-refractivity contribution in [1.29, 1.82) is 0 Å². The Bertz CT molecular complexity index is 365. The van der Waals surface area contributed by atoms with Crippen molar-refractivity contribution in [3.8, 4) is 0 Å². The Morgan fingerprint density at radius 3 is 2.05 bits per heavy atom. The van der Waals surface area contributed by atoms with Gasteiger partial charge in [-0.2, -0.15) is 0 Å². The van der Waals surface area contributed by atoms with E-state index in [0.717, 1.165) is 12.8 Å². The fourth-order valence-corrected chi connectivity index (χ4v) is 1.90. The summed E-state index contributed by atoms with van der Waals surface area (Å²) in [6.07, 6.45) is 6.61. The van der Waals surface area contributed by atoms with Gasteiger partial charge >= 0.3 is 0 Å². The molecule has 116 valence electrons. The van der Waals surface area contributed by atoms with Crippen molar-refractivity contribution < 1.29 is 4.79 Å². The molecule has 0 saturated heterocycles. The second-order valence-corrected chi connectivity index (χ2v) is 7.17. The lowest BCUT2D eigenvalue weighted by Crippen LogP contribution is -2.43. The van der Waals surface area contributed by atoms with E-state index >= 15 is 0 Å². The van der Waals surface area contributed by atoms with Crippen LogP contribution in [0.2, 0.25) is 0 Å². The Balaban J connectivity index is 4.62. The van der Waals surface area contributed by atoms with Gasteiger partial charge in [-0.1, -0.05) is 44.1 Å². The normalized spacial score (nSPS) is 12.6. The smallest absolute Gasteiger partial charge is 0.228 e. The molecule has 0 rings (SSSR count). The van der Waals surface area contributed by atoms with Crippen molar-refractivity contribution in [2.45, 2.75) is 74.3 Å². The molecule has 0 bridgehead atoms. The van der Waals surface area contributed by atoms with E-state index in [-0.39, 0.29) is 17.4 Å². The van der Waals surface area contributed by atoms with Crippen LogP contribution in [-0.4, -0.2) is 23.4 Å². The summed E-state index contributed by atoms with van der Waals surface area (Å²) >= 11 is 0. The fraction of sp³-hybridized carbons (Fsp3) is 0.722. The van der Waals surface area contributed by atoms with Crippen molar-refractivity contribution in [2.24, 2.45) is 5.41 Å². The van der Waals surface area contributed by atoms with Crippen LogP contribution in [0.5, 0.6) is 0 Å². The molecule has 0 aliphatic heterocycles. The van der Waals surface area contributed by atoms with E-state index in [4.69, 9.17) is 0 Å². The number of allylic oxidation sites excluding steroid dienone is 3. The first-order valence-electron chi connectivity index (χ1n) is 7.65. The van der Waals surface area contributed by atoms with Gasteiger partial charge < -0.3 is 4.90 Å². The molecule has 0 spiro atoms. The number of hydrogen-bond donors (Lipinski definition) is 0. The second-order valence-electron chi connectivity index (χ2n) is 7.17. The molecule has 0 aliphatic carbocycles. The molecule has 1 amide bonds. The first kappa shape index (κ1) is 18.9. The van der Waals surface area contributed by atoms with E-state index in [1.165, 1.54) is 11.1 Å². The summed E-state index contributed by atoms with van der Waals surface area (Å²) < 4.78 is 0. The van der Waals surface area contributed by atoms with Gasteiger partial charge in [-0.3, -0.25) is 4.79 Å². The highest BCUT2D eigenvalue weighted by atomic mass is 16.2. The molecule has 0 aromatic heterocycles. The van der Waals surface area contributed by atoms with Crippen molar-refractivity contribution in [1.82, 2.24) is 4.90 Å². The molecule has 20 heavy (non-hydrogen) atoms. The van der Waals surface area contributed by atoms with Crippen LogP contribution in [0.1, 0.15) is 68.2 Å². The Hall–Kier alpha value is -1.05. The first-order chi connectivity index (χ1) is 9.05. The fourth-order valence-electron chi connectivity index (χ4n) is 1.90. The zero-order valence-electron chi connectivity index (χ0n) is 14.7. The van der Waals surface area contributed by atoms with Crippen LogP contribution in [0.4, 0.5) is 0 Å². The number of hydrogen-bond acceptors (Lipinski definition) is 1. The molecular formula is C18H33NO. The Morgan fingerprint density at radius 2 is 1.65 bits per heavy atom. The predicted octanol–water partition coefficient (Wildman–Crippen LogP) is 4.96. The molecule has 0 radical (unpaired) electrons. The van der Waals surface area contributed by atoms with E-state index in [0.29, 0.717) is 6.54 Å². The van der Waals surface area contributed by atoms with Crippen LogP contribution in [0.15, 0.2) is 23.3 Å². The number of carbonyl (C=O) groups is 1. The van der Waals surface area contributed by atoms with Gasteiger partial charge in [-0.15, -0.1) is 0 Å². The minimum absolute atomic E-state index is 0.223. The Morgan fingerprint density at radius 1 is 1.10 bits per heavy atom. The summed E-state index contributed by atoms with van der Waals surface area (Å²) in [5.41, 5.74) is 2.41. The molecule has 0 fully saturated rings. The molecule has 0 N–H and O–H groups in total. The quantitative estimate of drug-likeness (QED) is 0.629. The molecule has 2 heteroatoms. The average Bonchev–Trinajstić information content (AvgIpc) is 2.26. The Kier molecular flexibility index (Phi) is 7.85. The third-order valence-corrected chi connectivity index (χ3v) is 3.25. The summed E-state index contributed by atoms with van der Waals surface area (Å²) in [7, 11) is 0. The van der Waals surface area contributed by atoms with Gasteiger partial charge in [-0.05, 0) is 47.5 Å². The van der Waals surface area contributed by atoms with Crippen LogP contribution >= 0.6 is 0 Å². The van der Waals surface area contributed by atoms with E-state index in [2.05, 4.69) is 46.8 Å². The lowest BCUT2D eigenvalue weighted by atomic mass is 9.94. The molecule has 0 heterocycles. The van der Waals surface area contributed by atoms with Gasteiger partial charge in [0.2, 0.25) is 5.91 Å². The number of nitrogens with zero attached hydrogens (tertiary/aromatic N) is 1. The maximum Gasteiger partial charge on any atom is 0.228 e. The lowest BCUT2D eigenvalue weighted by molar-refractivity contribution is -0.140. The van der Waals surface area contributed by atoms with Crippen LogP contribution in [0.25, 0.3) is 0 Å². The molecule has 2 nitrogen and oxygen atoms in total. The minimum atomic E-state index is -0.311. The molecule has 0 saturated carbocycles. The van der Waals surface area contributed by atoms with Gasteiger partial charge in [0.25, 0.3) is 0 Å². The van der Waals surface area contributed by atoms with E-state index in [1.54, 1.807) is 0 Å². The SMILES string of the molecule is CC(C)=CCCC(C)=CCN(C(=O)C(C)(C)C)C(C)C. The molecule has 0 atom stereocenters. The monoisotopic (exact) mass is 279 g/mol. The summed E-state index contributed by atoms with van der Waals surface area (Å²) in [6.45, 7) is 17.2. The van der Waals surface area contributed by atoms with Crippen LogP contribution in [0, 0.1) is 5.41 Å². The van der Waals surface area contributed by atoms with Gasteiger partial charge in [0.1, 0.15) is 0 Å². The second kappa shape index (κ2) is 8.28. The minimum Gasteiger partial charge on any atom is -0.336 e. The summed E-state index contributed by atoms with van der Waals surface area (Å²) in [5, 5.41) is 0. The van der Waals surface area contributed by atoms with E-state index in [9.17, 15) is 4.79 Å². The largest absolute Gasteiger partial charge is 0.336 e. The van der Waals surface area contributed by atoms with Gasteiger partial charge in [0, 0.05) is 18.0 Å². The van der Waals surface area contributed by atoms with Crippen LogP contribution in [0.3, 0.4) is 0 Å². The van der Waals surface area contributed by atoms with Gasteiger partial charge in [-0.25, -0.2) is 0 Å². The molecule has 0 aromatic rings. The van der Waals surface area contributed by atoms with Gasteiger partial charge in [0.05, 0.1) is 0 Å². The molecular weight excluding hydrogens is 246 g/mol. The molecule has 0 aromatic carbocycles. The standard InChI is InChI=1S/C18H33NO/c1-14(2)10-9-11-16(5)12-13-19(15(3)4)17(20)18(6,7)8/h10,12,15H,9,11,13H2,1-8H3. The highest BCUT2D eigenvalue weighted by Crippen LogP contribution is 2.19. The van der Waals surface area contributed by atoms with Crippen molar-refractivity contribution in [3.05, 3.63) is 23.3 Å². The summed E-state index contributed by atoms with van der Waals surface area (Å²) in [6, 6.07) is 0.239. The number of carbonyl (C=O) groups excluding carboxylic acids is 1. The summed E-state index contributed by atoms with van der Waals surface area (Å²) in [5.74, 6) is 0.223. The molecule has 0 aliphatic rings. The maximum atomic E-state index is 12.4. The van der Waals surface area contributed by atoms with Gasteiger partial charge in [0.15, 0.2) is 0 Å². The first-order valence-corrected chi connectivity index (χ1v) is 7.65. The van der Waals surface area contributed by atoms with Crippen LogP contribution < -0.4 is 0 Å².